The molecule has 1 aromatic rings. The van der Waals surface area contributed by atoms with Crippen LogP contribution in [0.3, 0.4) is 0 Å². The third kappa shape index (κ3) is 4.48. The molecule has 1 fully saturated rings. The van der Waals surface area contributed by atoms with Crippen molar-refractivity contribution in [1.82, 2.24) is 9.80 Å². The SMILES string of the molecule is CN1CCC(CN(C)Cc2ccc(Br)c(N)c2)CC1. The van der Waals surface area contributed by atoms with Crippen LogP contribution in [-0.2, 0) is 6.54 Å². The number of likely N-dealkylation sites (tertiary alicyclic amines) is 1. The molecule has 2 N–H and O–H groups in total. The third-order valence-corrected chi connectivity index (χ3v) is 4.64. The largest absolute Gasteiger partial charge is 0.398 e. The summed E-state index contributed by atoms with van der Waals surface area (Å²) in [5.74, 6) is 0.842. The number of nitrogens with two attached hydrogens (primary N) is 1. The predicted molar refractivity (Wildman–Crippen MR) is 85.1 cm³/mol. The number of nitrogens with zero attached hydrogens (tertiary/aromatic N) is 2. The van der Waals surface area contributed by atoms with E-state index in [1.807, 2.05) is 6.07 Å². The molecule has 0 saturated carbocycles. The van der Waals surface area contributed by atoms with Crippen LogP contribution in [0.2, 0.25) is 0 Å². The molecule has 0 spiro atoms. The van der Waals surface area contributed by atoms with Crippen LogP contribution in [0.25, 0.3) is 0 Å². The number of rotatable bonds is 4. The van der Waals surface area contributed by atoms with Crippen LogP contribution in [0.4, 0.5) is 5.69 Å². The van der Waals surface area contributed by atoms with Gasteiger partial charge in [0.25, 0.3) is 0 Å². The zero-order valence-electron chi connectivity index (χ0n) is 11.9. The van der Waals surface area contributed by atoms with Crippen molar-refractivity contribution >= 4 is 21.6 Å². The molecule has 3 nitrogen and oxygen atoms in total. The zero-order valence-corrected chi connectivity index (χ0v) is 13.5. The summed E-state index contributed by atoms with van der Waals surface area (Å²) < 4.78 is 0.981. The van der Waals surface area contributed by atoms with Crippen molar-refractivity contribution in [3.8, 4) is 0 Å². The topological polar surface area (TPSA) is 32.5 Å². The lowest BCUT2D eigenvalue weighted by atomic mass is 9.96. The lowest BCUT2D eigenvalue weighted by Gasteiger charge is -2.31. The average molecular weight is 326 g/mol. The zero-order chi connectivity index (χ0) is 13.8. The highest BCUT2D eigenvalue weighted by molar-refractivity contribution is 9.10. The Bertz CT molecular complexity index is 414. The van der Waals surface area contributed by atoms with Gasteiger partial charge in [-0.05, 0) is 79.6 Å². The summed E-state index contributed by atoms with van der Waals surface area (Å²) >= 11 is 3.44. The minimum atomic E-state index is 0.824. The highest BCUT2D eigenvalue weighted by Gasteiger charge is 2.18. The first kappa shape index (κ1) is 14.8. The molecule has 4 heteroatoms. The summed E-state index contributed by atoms with van der Waals surface area (Å²) in [5, 5.41) is 0. The fourth-order valence-electron chi connectivity index (χ4n) is 2.75. The molecule has 1 aromatic carbocycles. The summed E-state index contributed by atoms with van der Waals surface area (Å²) in [4.78, 5) is 4.84. The molecule has 19 heavy (non-hydrogen) atoms. The van der Waals surface area contributed by atoms with Gasteiger partial charge in [0.05, 0.1) is 0 Å². The smallest absolute Gasteiger partial charge is 0.0461 e. The first-order valence-corrected chi connectivity index (χ1v) is 7.75. The maximum atomic E-state index is 5.92. The molecule has 2 rings (SSSR count). The molecule has 0 radical (unpaired) electrons. The van der Waals surface area contributed by atoms with Crippen molar-refractivity contribution in [2.75, 3.05) is 39.5 Å². The Labute approximate surface area is 124 Å². The van der Waals surface area contributed by atoms with Gasteiger partial charge in [0.15, 0.2) is 0 Å². The first-order chi connectivity index (χ1) is 9.04. The summed E-state index contributed by atoms with van der Waals surface area (Å²) in [6.07, 6.45) is 2.65. The first-order valence-electron chi connectivity index (χ1n) is 6.95. The van der Waals surface area contributed by atoms with Crippen LogP contribution in [0, 0.1) is 5.92 Å². The molecule has 0 unspecified atom stereocenters. The molecule has 1 aliphatic heterocycles. The Hall–Kier alpha value is -0.580. The highest BCUT2D eigenvalue weighted by atomic mass is 79.9. The fourth-order valence-corrected chi connectivity index (χ4v) is 3.00. The van der Waals surface area contributed by atoms with Crippen LogP contribution in [0.5, 0.6) is 0 Å². The van der Waals surface area contributed by atoms with E-state index in [-0.39, 0.29) is 0 Å². The van der Waals surface area contributed by atoms with Gasteiger partial charge in [0.2, 0.25) is 0 Å². The van der Waals surface area contributed by atoms with E-state index in [2.05, 4.69) is 52.0 Å². The molecule has 1 saturated heterocycles. The van der Waals surface area contributed by atoms with Gasteiger partial charge in [-0.2, -0.15) is 0 Å². The number of anilines is 1. The molecule has 0 aromatic heterocycles. The normalized spacial score (nSPS) is 18.1. The molecule has 0 atom stereocenters. The Balaban J connectivity index is 1.83. The molecular formula is C15H24BrN3. The second-order valence-corrected chi connectivity index (χ2v) is 6.65. The van der Waals surface area contributed by atoms with E-state index in [0.29, 0.717) is 0 Å². The van der Waals surface area contributed by atoms with Crippen LogP contribution < -0.4 is 5.73 Å². The summed E-state index contributed by atoms with van der Waals surface area (Å²) in [7, 11) is 4.42. The number of halogens is 1. The van der Waals surface area contributed by atoms with E-state index < -0.39 is 0 Å². The van der Waals surface area contributed by atoms with Crippen LogP contribution >= 0.6 is 15.9 Å². The van der Waals surface area contributed by atoms with E-state index in [0.717, 1.165) is 22.6 Å². The average Bonchev–Trinajstić information content (AvgIpc) is 2.37. The van der Waals surface area contributed by atoms with Gasteiger partial charge >= 0.3 is 0 Å². The van der Waals surface area contributed by atoms with Crippen molar-refractivity contribution in [3.05, 3.63) is 28.2 Å². The Morgan fingerprint density at radius 3 is 2.68 bits per heavy atom. The number of hydrogen-bond acceptors (Lipinski definition) is 3. The Morgan fingerprint density at radius 1 is 1.37 bits per heavy atom. The number of benzene rings is 1. The maximum Gasteiger partial charge on any atom is 0.0461 e. The van der Waals surface area contributed by atoms with Crippen LogP contribution in [-0.4, -0.2) is 43.5 Å². The van der Waals surface area contributed by atoms with Gasteiger partial charge in [-0.25, -0.2) is 0 Å². The minimum absolute atomic E-state index is 0.824. The quantitative estimate of drug-likeness (QED) is 0.864. The van der Waals surface area contributed by atoms with Crippen molar-refractivity contribution in [3.63, 3.8) is 0 Å². The highest BCUT2D eigenvalue weighted by Crippen LogP contribution is 2.22. The molecule has 1 heterocycles. The molecular weight excluding hydrogens is 302 g/mol. The fraction of sp³-hybridized carbons (Fsp3) is 0.600. The van der Waals surface area contributed by atoms with Crippen LogP contribution in [0.15, 0.2) is 22.7 Å². The van der Waals surface area contributed by atoms with E-state index in [9.17, 15) is 0 Å². The standard InChI is InChI=1S/C15H24BrN3/c1-18-7-5-12(6-8-18)10-19(2)11-13-3-4-14(16)15(17)9-13/h3-4,9,12H,5-8,10-11,17H2,1-2H3. The Kier molecular flexibility index (Phi) is 5.25. The maximum absolute atomic E-state index is 5.92. The van der Waals surface area contributed by atoms with Crippen molar-refractivity contribution in [2.24, 2.45) is 5.92 Å². The van der Waals surface area contributed by atoms with E-state index in [1.165, 1.54) is 38.0 Å². The number of piperidine rings is 1. The second-order valence-electron chi connectivity index (χ2n) is 5.80. The van der Waals surface area contributed by atoms with Gasteiger partial charge in [-0.1, -0.05) is 6.07 Å². The van der Waals surface area contributed by atoms with E-state index in [4.69, 9.17) is 5.73 Å². The lowest BCUT2D eigenvalue weighted by Crippen LogP contribution is -2.35. The minimum Gasteiger partial charge on any atom is -0.398 e. The second kappa shape index (κ2) is 6.73. The van der Waals surface area contributed by atoms with Gasteiger partial charge in [-0.3, -0.25) is 0 Å². The van der Waals surface area contributed by atoms with E-state index >= 15 is 0 Å². The van der Waals surface area contributed by atoms with Crippen molar-refractivity contribution in [1.29, 1.82) is 0 Å². The van der Waals surface area contributed by atoms with E-state index in [1.54, 1.807) is 0 Å². The predicted octanol–water partition coefficient (Wildman–Crippen LogP) is 2.80. The van der Waals surface area contributed by atoms with Gasteiger partial charge < -0.3 is 15.5 Å². The number of hydrogen-bond donors (Lipinski definition) is 1. The van der Waals surface area contributed by atoms with Crippen LogP contribution in [0.1, 0.15) is 18.4 Å². The Morgan fingerprint density at radius 2 is 2.05 bits per heavy atom. The summed E-state index contributed by atoms with van der Waals surface area (Å²) in [6, 6.07) is 6.24. The van der Waals surface area contributed by atoms with Crippen molar-refractivity contribution < 1.29 is 0 Å². The molecule has 106 valence electrons. The summed E-state index contributed by atoms with van der Waals surface area (Å²) in [6.45, 7) is 4.64. The number of nitrogen functional groups attached to an aromatic ring is 1. The molecule has 0 amide bonds. The lowest BCUT2D eigenvalue weighted by molar-refractivity contribution is 0.173. The van der Waals surface area contributed by atoms with Gasteiger partial charge in [0, 0.05) is 23.2 Å². The molecule has 0 aliphatic carbocycles. The molecule has 1 aliphatic rings. The van der Waals surface area contributed by atoms with Crippen molar-refractivity contribution in [2.45, 2.75) is 19.4 Å². The monoisotopic (exact) mass is 325 g/mol. The summed E-state index contributed by atoms with van der Waals surface area (Å²) in [5.41, 5.74) is 8.04. The molecule has 0 bridgehead atoms. The van der Waals surface area contributed by atoms with Gasteiger partial charge in [0.1, 0.15) is 0 Å². The third-order valence-electron chi connectivity index (χ3n) is 3.92. The van der Waals surface area contributed by atoms with Gasteiger partial charge in [-0.15, -0.1) is 0 Å².